The number of aryl methyl sites for hydroxylation is 1. The number of rotatable bonds is 16. The highest BCUT2D eigenvalue weighted by Gasteiger charge is 2.40. The van der Waals surface area contributed by atoms with E-state index in [9.17, 15) is 19.2 Å². The van der Waals surface area contributed by atoms with Crippen LogP contribution in [0.15, 0.2) is 84.9 Å². The molecule has 0 bridgehead atoms. The summed E-state index contributed by atoms with van der Waals surface area (Å²) in [6, 6.07) is 23.1. The summed E-state index contributed by atoms with van der Waals surface area (Å²) in [7, 11) is 1.56. The van der Waals surface area contributed by atoms with E-state index in [1.165, 1.54) is 0 Å². The zero-order valence-electron chi connectivity index (χ0n) is 25.7. The van der Waals surface area contributed by atoms with E-state index in [0.717, 1.165) is 16.7 Å². The zero-order valence-corrected chi connectivity index (χ0v) is 25.7. The molecule has 0 saturated carbocycles. The van der Waals surface area contributed by atoms with Crippen LogP contribution in [0, 0.1) is 5.92 Å². The van der Waals surface area contributed by atoms with E-state index in [1.54, 1.807) is 31.4 Å². The third-order valence-corrected chi connectivity index (χ3v) is 8.01. The highest BCUT2D eigenvalue weighted by molar-refractivity contribution is 5.96. The first-order chi connectivity index (χ1) is 22.4. The molecule has 3 amide bonds. The van der Waals surface area contributed by atoms with Crippen LogP contribution >= 0.6 is 0 Å². The van der Waals surface area contributed by atoms with Crippen LogP contribution in [0.25, 0.3) is 0 Å². The topological polar surface area (TPSA) is 145 Å². The van der Waals surface area contributed by atoms with E-state index in [-0.39, 0.29) is 37.9 Å². The maximum absolute atomic E-state index is 13.9. The van der Waals surface area contributed by atoms with Gasteiger partial charge in [0.15, 0.2) is 5.78 Å². The largest absolute Gasteiger partial charge is 0.497 e. The number of hydrogen-bond acceptors (Lipinski definition) is 8. The second-order valence-electron chi connectivity index (χ2n) is 11.4. The van der Waals surface area contributed by atoms with Crippen LogP contribution in [0.2, 0.25) is 0 Å². The van der Waals surface area contributed by atoms with E-state index < -0.39 is 42.1 Å². The van der Waals surface area contributed by atoms with E-state index >= 15 is 0 Å². The first-order valence-corrected chi connectivity index (χ1v) is 15.4. The normalized spacial score (nSPS) is 17.4. The van der Waals surface area contributed by atoms with Gasteiger partial charge >= 0.3 is 6.09 Å². The molecule has 242 valence electrons. The molecule has 0 unspecified atom stereocenters. The predicted molar refractivity (Wildman–Crippen MR) is 168 cm³/mol. The van der Waals surface area contributed by atoms with E-state index in [4.69, 9.17) is 18.9 Å². The smallest absolute Gasteiger partial charge is 0.408 e. The number of carbonyl (C=O) groups excluding carboxylic acids is 4. The monoisotopic (exact) mass is 629 g/mol. The Hall–Kier alpha value is -4.74. The third kappa shape index (κ3) is 9.38. The van der Waals surface area contributed by atoms with Crippen LogP contribution in [0.1, 0.15) is 23.1 Å². The second-order valence-corrected chi connectivity index (χ2v) is 11.4. The number of methoxy groups -OCH3 is 1. The first kappa shape index (κ1) is 32.6. The summed E-state index contributed by atoms with van der Waals surface area (Å²) in [5.41, 5.74) is 2.60. The molecule has 3 aromatic rings. The number of ether oxygens (including phenoxy) is 4. The van der Waals surface area contributed by atoms with Crippen molar-refractivity contribution in [2.24, 2.45) is 5.92 Å². The fraction of sp³-hybridized carbons (Fsp3) is 0.371. The molecule has 2 aliphatic rings. The van der Waals surface area contributed by atoms with Crippen LogP contribution in [0.5, 0.6) is 5.75 Å². The molecular formula is C35H39N3O8. The molecule has 0 spiro atoms. The van der Waals surface area contributed by atoms with Crippen molar-refractivity contribution in [2.75, 3.05) is 26.9 Å². The maximum atomic E-state index is 13.9. The Labute approximate surface area is 267 Å². The molecule has 11 nitrogen and oxygen atoms in total. The van der Waals surface area contributed by atoms with Crippen molar-refractivity contribution in [1.82, 2.24) is 16.0 Å². The summed E-state index contributed by atoms with van der Waals surface area (Å²) < 4.78 is 21.2. The lowest BCUT2D eigenvalue weighted by Gasteiger charge is -2.34. The highest BCUT2D eigenvalue weighted by atomic mass is 16.6. The van der Waals surface area contributed by atoms with Crippen LogP contribution < -0.4 is 20.7 Å². The average molecular weight is 630 g/mol. The average Bonchev–Trinajstić information content (AvgIpc) is 3.91. The van der Waals surface area contributed by atoms with Gasteiger partial charge in [0.05, 0.1) is 33.0 Å². The Balaban J connectivity index is 1.29. The Morgan fingerprint density at radius 2 is 1.39 bits per heavy atom. The minimum atomic E-state index is -1.06. The number of nitrogens with one attached hydrogen (secondary N) is 3. The van der Waals surface area contributed by atoms with Gasteiger partial charge in [0.2, 0.25) is 11.8 Å². The zero-order chi connectivity index (χ0) is 32.3. The van der Waals surface area contributed by atoms with E-state index in [2.05, 4.69) is 16.0 Å². The van der Waals surface area contributed by atoms with Gasteiger partial charge in [0.1, 0.15) is 30.5 Å². The lowest BCUT2D eigenvalue weighted by molar-refractivity contribution is -0.135. The minimum Gasteiger partial charge on any atom is -0.497 e. The highest BCUT2D eigenvalue weighted by Crippen LogP contribution is 2.19. The number of benzene rings is 3. The van der Waals surface area contributed by atoms with Gasteiger partial charge in [0.25, 0.3) is 0 Å². The van der Waals surface area contributed by atoms with Gasteiger partial charge in [-0.3, -0.25) is 14.4 Å². The summed E-state index contributed by atoms with van der Waals surface area (Å²) >= 11 is 0. The number of alkyl carbamates (subject to hydrolysis) is 1. The summed E-state index contributed by atoms with van der Waals surface area (Å²) in [4.78, 5) is 53.5. The molecule has 2 saturated heterocycles. The summed E-state index contributed by atoms with van der Waals surface area (Å²) in [5, 5.41) is 8.38. The second kappa shape index (κ2) is 16.0. The summed E-state index contributed by atoms with van der Waals surface area (Å²) in [6.45, 7) is 0.890. The van der Waals surface area contributed by atoms with Crippen molar-refractivity contribution >= 4 is 23.7 Å². The lowest BCUT2D eigenvalue weighted by Crippen LogP contribution is -2.60. The number of hydrogen-bond donors (Lipinski definition) is 3. The molecule has 4 atom stereocenters. The van der Waals surface area contributed by atoms with Crippen molar-refractivity contribution in [2.45, 2.75) is 50.1 Å². The summed E-state index contributed by atoms with van der Waals surface area (Å²) in [5.74, 6) is -0.942. The Morgan fingerprint density at radius 1 is 0.761 bits per heavy atom. The molecule has 5 rings (SSSR count). The Kier molecular flexibility index (Phi) is 11.4. The SMILES string of the molecule is COc1ccc(C[C@H](NC(=O)[C@@H](NC(=O)OCc2ccccc2)C2COC2)C(=O)N[C@@H](CCc2ccccc2)C(=O)[C@H]2CO2)cc1. The summed E-state index contributed by atoms with van der Waals surface area (Å²) in [6.07, 6.45) is -0.242. The molecule has 46 heavy (non-hydrogen) atoms. The lowest BCUT2D eigenvalue weighted by atomic mass is 9.96. The van der Waals surface area contributed by atoms with Crippen molar-refractivity contribution in [3.05, 3.63) is 102 Å². The number of Topliss-reactive ketones (excluding diaryl/α,β-unsaturated/α-hetero) is 1. The van der Waals surface area contributed by atoms with E-state index in [1.807, 2.05) is 60.7 Å². The molecule has 3 N–H and O–H groups in total. The molecule has 0 aliphatic carbocycles. The fourth-order valence-electron chi connectivity index (χ4n) is 5.15. The van der Waals surface area contributed by atoms with Gasteiger partial charge < -0.3 is 34.9 Å². The molecule has 2 fully saturated rings. The van der Waals surface area contributed by atoms with Crippen molar-refractivity contribution in [3.63, 3.8) is 0 Å². The van der Waals surface area contributed by atoms with Gasteiger partial charge in [-0.15, -0.1) is 0 Å². The molecule has 11 heteroatoms. The number of epoxide rings is 1. The van der Waals surface area contributed by atoms with Crippen LogP contribution in [-0.2, 0) is 48.0 Å². The quantitative estimate of drug-likeness (QED) is 0.205. The first-order valence-electron chi connectivity index (χ1n) is 15.4. The Morgan fingerprint density at radius 3 is 1.98 bits per heavy atom. The van der Waals surface area contributed by atoms with Gasteiger partial charge in [-0.05, 0) is 41.7 Å². The molecule has 0 radical (unpaired) electrons. The van der Waals surface area contributed by atoms with Gasteiger partial charge in [-0.2, -0.15) is 0 Å². The van der Waals surface area contributed by atoms with E-state index in [0.29, 0.717) is 25.2 Å². The maximum Gasteiger partial charge on any atom is 0.408 e. The third-order valence-electron chi connectivity index (χ3n) is 8.01. The van der Waals surface area contributed by atoms with Gasteiger partial charge in [-0.25, -0.2) is 4.79 Å². The molecular weight excluding hydrogens is 590 g/mol. The predicted octanol–water partition coefficient (Wildman–Crippen LogP) is 2.75. The molecule has 2 aliphatic heterocycles. The number of amides is 3. The fourth-order valence-corrected chi connectivity index (χ4v) is 5.15. The van der Waals surface area contributed by atoms with Crippen molar-refractivity contribution < 1.29 is 38.1 Å². The standard InChI is InChI=1S/C35H39N3O8/c1-43-27-15-12-24(13-16-27)18-29(33(40)36-28(32(39)30-22-45-30)17-14-23-8-4-2-5-9-23)37-34(41)31(26-20-44-21-26)38-35(42)46-19-25-10-6-3-7-11-25/h2-13,15-16,26,28-31H,14,17-22H2,1H3,(H,36,40)(H,37,41)(H,38,42)/t28-,29-,30+,31-/m0/s1. The van der Waals surface area contributed by atoms with Crippen LogP contribution in [0.3, 0.4) is 0 Å². The van der Waals surface area contributed by atoms with Gasteiger partial charge in [-0.1, -0.05) is 72.8 Å². The molecule has 0 aromatic heterocycles. The Bertz CT molecular complexity index is 1460. The van der Waals surface area contributed by atoms with Crippen molar-refractivity contribution in [3.8, 4) is 5.75 Å². The molecule has 3 aromatic carbocycles. The number of ketones is 1. The minimum absolute atomic E-state index is 0.0355. The van der Waals surface area contributed by atoms with Crippen molar-refractivity contribution in [1.29, 1.82) is 0 Å². The van der Waals surface area contributed by atoms with Crippen LogP contribution in [0.4, 0.5) is 4.79 Å². The van der Waals surface area contributed by atoms with Crippen LogP contribution in [-0.4, -0.2) is 74.9 Å². The van der Waals surface area contributed by atoms with Gasteiger partial charge in [0, 0.05) is 12.3 Å². The molecule has 2 heterocycles. The number of carbonyl (C=O) groups is 4.